The SMILES string of the molecule is CC(=NNC(N)=Nc1cccc(F)c1)c1nscc1C(=O)O. The fourth-order valence-electron chi connectivity index (χ4n) is 1.55. The first kappa shape index (κ1) is 15.6. The Hall–Kier alpha value is -2.81. The van der Waals surface area contributed by atoms with Crippen LogP contribution in [-0.2, 0) is 0 Å². The zero-order valence-electron chi connectivity index (χ0n) is 11.4. The molecule has 0 bridgehead atoms. The zero-order valence-corrected chi connectivity index (χ0v) is 12.3. The Bertz CT molecular complexity index is 756. The number of hydrazone groups is 1. The van der Waals surface area contributed by atoms with Crippen LogP contribution < -0.4 is 11.2 Å². The number of rotatable bonds is 4. The number of carboxylic acid groups (broad SMARTS) is 1. The van der Waals surface area contributed by atoms with Crippen LogP contribution in [0.25, 0.3) is 0 Å². The van der Waals surface area contributed by atoms with Gasteiger partial charge in [-0.3, -0.25) is 0 Å². The molecule has 0 saturated heterocycles. The number of nitrogens with zero attached hydrogens (tertiary/aromatic N) is 3. The molecule has 9 heteroatoms. The molecule has 2 aromatic rings. The maximum atomic E-state index is 13.0. The number of aliphatic imine (C=N–C) groups is 1. The van der Waals surface area contributed by atoms with E-state index in [4.69, 9.17) is 10.8 Å². The second-order valence-corrected chi connectivity index (χ2v) is 4.80. The fourth-order valence-corrected chi connectivity index (χ4v) is 2.26. The van der Waals surface area contributed by atoms with E-state index in [0.717, 1.165) is 11.5 Å². The van der Waals surface area contributed by atoms with E-state index in [-0.39, 0.29) is 17.2 Å². The van der Waals surface area contributed by atoms with Crippen molar-refractivity contribution in [2.24, 2.45) is 15.8 Å². The molecule has 22 heavy (non-hydrogen) atoms. The van der Waals surface area contributed by atoms with Gasteiger partial charge in [0.1, 0.15) is 11.5 Å². The summed E-state index contributed by atoms with van der Waals surface area (Å²) in [5.74, 6) is -1.57. The van der Waals surface area contributed by atoms with Crippen molar-refractivity contribution in [3.8, 4) is 0 Å². The lowest BCUT2D eigenvalue weighted by Gasteiger charge is -2.02. The summed E-state index contributed by atoms with van der Waals surface area (Å²) in [6.07, 6.45) is 0. The van der Waals surface area contributed by atoms with Crippen molar-refractivity contribution in [1.82, 2.24) is 9.80 Å². The summed E-state index contributed by atoms with van der Waals surface area (Å²) < 4.78 is 17.0. The highest BCUT2D eigenvalue weighted by molar-refractivity contribution is 7.04. The summed E-state index contributed by atoms with van der Waals surface area (Å²) in [7, 11) is 0. The highest BCUT2D eigenvalue weighted by Gasteiger charge is 2.15. The van der Waals surface area contributed by atoms with Crippen molar-refractivity contribution in [1.29, 1.82) is 0 Å². The van der Waals surface area contributed by atoms with Crippen LogP contribution in [0.5, 0.6) is 0 Å². The Morgan fingerprint density at radius 1 is 1.50 bits per heavy atom. The summed E-state index contributed by atoms with van der Waals surface area (Å²) in [6.45, 7) is 1.59. The molecule has 0 aliphatic heterocycles. The minimum Gasteiger partial charge on any atom is -0.478 e. The highest BCUT2D eigenvalue weighted by atomic mass is 32.1. The summed E-state index contributed by atoms with van der Waals surface area (Å²) >= 11 is 1.02. The van der Waals surface area contributed by atoms with Gasteiger partial charge in [0.2, 0.25) is 5.96 Å². The molecule has 0 atom stereocenters. The van der Waals surface area contributed by atoms with Crippen molar-refractivity contribution >= 4 is 34.9 Å². The van der Waals surface area contributed by atoms with E-state index < -0.39 is 11.8 Å². The Balaban J connectivity index is 2.13. The number of carboxylic acids is 1. The molecular formula is C13H12FN5O2S. The van der Waals surface area contributed by atoms with Gasteiger partial charge in [-0.05, 0) is 36.7 Å². The van der Waals surface area contributed by atoms with Crippen LogP contribution in [0.3, 0.4) is 0 Å². The molecule has 0 amide bonds. The van der Waals surface area contributed by atoms with Gasteiger partial charge in [0.25, 0.3) is 0 Å². The van der Waals surface area contributed by atoms with Crippen LogP contribution >= 0.6 is 11.5 Å². The lowest BCUT2D eigenvalue weighted by Crippen LogP contribution is -2.28. The minimum atomic E-state index is -1.08. The Morgan fingerprint density at radius 2 is 2.27 bits per heavy atom. The molecule has 0 aliphatic rings. The predicted molar refractivity (Wildman–Crippen MR) is 82.1 cm³/mol. The van der Waals surface area contributed by atoms with Crippen molar-refractivity contribution in [2.75, 3.05) is 0 Å². The van der Waals surface area contributed by atoms with Gasteiger partial charge < -0.3 is 10.8 Å². The molecule has 1 aromatic carbocycles. The smallest absolute Gasteiger partial charge is 0.338 e. The Labute approximate surface area is 129 Å². The van der Waals surface area contributed by atoms with Gasteiger partial charge in [-0.15, -0.1) is 0 Å². The lowest BCUT2D eigenvalue weighted by atomic mass is 10.2. The van der Waals surface area contributed by atoms with E-state index in [1.165, 1.54) is 23.6 Å². The molecule has 1 heterocycles. The van der Waals surface area contributed by atoms with Gasteiger partial charge in [0.05, 0.1) is 17.0 Å². The zero-order chi connectivity index (χ0) is 16.1. The van der Waals surface area contributed by atoms with E-state index in [2.05, 4.69) is 19.9 Å². The van der Waals surface area contributed by atoms with Crippen LogP contribution in [0.1, 0.15) is 23.0 Å². The fraction of sp³-hybridized carbons (Fsp3) is 0.0769. The maximum Gasteiger partial charge on any atom is 0.338 e. The summed E-state index contributed by atoms with van der Waals surface area (Å²) in [6, 6.07) is 5.59. The van der Waals surface area contributed by atoms with E-state index in [1.807, 2.05) is 0 Å². The molecule has 7 nitrogen and oxygen atoms in total. The monoisotopic (exact) mass is 321 g/mol. The van der Waals surface area contributed by atoms with Crippen molar-refractivity contribution in [3.63, 3.8) is 0 Å². The first-order valence-corrected chi connectivity index (χ1v) is 6.89. The number of carbonyl (C=O) groups is 1. The summed E-state index contributed by atoms with van der Waals surface area (Å²) in [5.41, 5.74) is 9.09. The summed E-state index contributed by atoms with van der Waals surface area (Å²) in [4.78, 5) is 14.9. The second kappa shape index (κ2) is 6.76. The number of aromatic nitrogens is 1. The Kier molecular flexibility index (Phi) is 4.79. The topological polar surface area (TPSA) is 113 Å². The molecule has 0 fully saturated rings. The van der Waals surface area contributed by atoms with Crippen LogP contribution in [0.2, 0.25) is 0 Å². The van der Waals surface area contributed by atoms with Crippen LogP contribution in [-0.4, -0.2) is 27.1 Å². The van der Waals surface area contributed by atoms with Crippen LogP contribution in [0.15, 0.2) is 39.7 Å². The van der Waals surface area contributed by atoms with Crippen molar-refractivity contribution in [2.45, 2.75) is 6.92 Å². The minimum absolute atomic E-state index is 0.0583. The molecular weight excluding hydrogens is 309 g/mol. The van der Waals surface area contributed by atoms with Gasteiger partial charge in [0, 0.05) is 5.38 Å². The highest BCUT2D eigenvalue weighted by Crippen LogP contribution is 2.13. The summed E-state index contributed by atoms with van der Waals surface area (Å²) in [5, 5.41) is 14.4. The quantitative estimate of drug-likeness (QED) is 0.452. The van der Waals surface area contributed by atoms with Crippen molar-refractivity contribution in [3.05, 3.63) is 46.7 Å². The third-order valence-corrected chi connectivity index (χ3v) is 3.17. The molecule has 0 unspecified atom stereocenters. The van der Waals surface area contributed by atoms with Gasteiger partial charge >= 0.3 is 5.97 Å². The average Bonchev–Trinajstić information content (AvgIpc) is 2.94. The van der Waals surface area contributed by atoms with Crippen LogP contribution in [0, 0.1) is 5.82 Å². The maximum absolute atomic E-state index is 13.0. The van der Waals surface area contributed by atoms with Crippen LogP contribution in [0.4, 0.5) is 10.1 Å². The Morgan fingerprint density at radius 3 is 2.95 bits per heavy atom. The molecule has 1 aromatic heterocycles. The van der Waals surface area contributed by atoms with E-state index in [0.29, 0.717) is 11.4 Å². The standard InChI is InChI=1S/C13H12FN5O2S/c1-7(11-10(12(20)21)6-22-19-11)17-18-13(15)16-9-4-2-3-8(14)5-9/h2-6H,1H3,(H,20,21)(H3,15,16,18). The predicted octanol–water partition coefficient (Wildman–Crippen LogP) is 1.94. The lowest BCUT2D eigenvalue weighted by molar-refractivity contribution is 0.0697. The van der Waals surface area contributed by atoms with Gasteiger partial charge in [-0.2, -0.15) is 9.47 Å². The van der Waals surface area contributed by atoms with E-state index in [9.17, 15) is 9.18 Å². The number of benzene rings is 1. The number of nitrogens with two attached hydrogens (primary N) is 1. The van der Waals surface area contributed by atoms with E-state index >= 15 is 0 Å². The third-order valence-electron chi connectivity index (χ3n) is 2.54. The number of hydrogen-bond acceptors (Lipinski definition) is 5. The second-order valence-electron chi connectivity index (χ2n) is 4.17. The molecule has 114 valence electrons. The van der Waals surface area contributed by atoms with Gasteiger partial charge in [-0.1, -0.05) is 6.07 Å². The first-order chi connectivity index (χ1) is 10.5. The molecule has 0 saturated carbocycles. The van der Waals surface area contributed by atoms with Gasteiger partial charge in [-0.25, -0.2) is 19.6 Å². The number of hydrogen-bond donors (Lipinski definition) is 3. The molecule has 0 aliphatic carbocycles. The average molecular weight is 321 g/mol. The number of guanidine groups is 1. The third kappa shape index (κ3) is 3.85. The molecule has 0 spiro atoms. The van der Waals surface area contributed by atoms with Gasteiger partial charge in [0.15, 0.2) is 0 Å². The van der Waals surface area contributed by atoms with Crippen molar-refractivity contribution < 1.29 is 14.3 Å². The number of nitrogens with one attached hydrogen (secondary N) is 1. The molecule has 2 rings (SSSR count). The number of aromatic carboxylic acids is 1. The molecule has 0 radical (unpaired) electrons. The molecule has 4 N–H and O–H groups in total. The largest absolute Gasteiger partial charge is 0.478 e. The first-order valence-electron chi connectivity index (χ1n) is 6.05. The van der Waals surface area contributed by atoms with E-state index in [1.54, 1.807) is 13.0 Å². The normalized spacial score (nSPS) is 12.3. The number of halogens is 1.